The Labute approximate surface area is 214 Å². The van der Waals surface area contributed by atoms with Gasteiger partial charge in [-0.05, 0) is 89.9 Å². The molecule has 36 heavy (non-hydrogen) atoms. The Balaban J connectivity index is 1.42. The van der Waals surface area contributed by atoms with Crippen molar-refractivity contribution in [3.63, 3.8) is 0 Å². The van der Waals surface area contributed by atoms with Crippen molar-refractivity contribution in [1.29, 1.82) is 0 Å². The minimum atomic E-state index is -0.808. The molecule has 0 saturated carbocycles. The summed E-state index contributed by atoms with van der Waals surface area (Å²) < 4.78 is 17.4. The summed E-state index contributed by atoms with van der Waals surface area (Å²) in [5, 5.41) is 9.26. The maximum atomic E-state index is 11.3. The standard InChI is InChI=1S/C31H36O5/c1-21(2)12-13-35-28-14-22(3)30(23(4)15-28)25-7-5-6-24(16-25)18-36-27-10-8-26(9-11-27)31(17-29(32)33)19-34-20-31/h5-11,14-16,21H,12-13,17-20H2,1-4H3,(H,32,33). The molecular formula is C31H36O5. The first-order valence-electron chi connectivity index (χ1n) is 12.6. The summed E-state index contributed by atoms with van der Waals surface area (Å²) in [5.74, 6) is 1.50. The van der Waals surface area contributed by atoms with Crippen molar-refractivity contribution in [3.05, 3.63) is 82.9 Å². The number of benzene rings is 3. The number of carbonyl (C=O) groups is 1. The molecule has 0 spiro atoms. The minimum absolute atomic E-state index is 0.0733. The fourth-order valence-electron chi connectivity index (χ4n) is 4.77. The van der Waals surface area contributed by atoms with E-state index in [1.165, 1.54) is 16.7 Å². The third kappa shape index (κ3) is 6.08. The van der Waals surface area contributed by atoms with Gasteiger partial charge in [0, 0.05) is 0 Å². The van der Waals surface area contributed by atoms with Gasteiger partial charge < -0.3 is 19.3 Å². The molecular weight excluding hydrogens is 452 g/mol. The number of hydrogen-bond acceptors (Lipinski definition) is 4. The molecule has 1 aliphatic rings. The molecule has 190 valence electrons. The average Bonchev–Trinajstić information content (AvgIpc) is 2.80. The van der Waals surface area contributed by atoms with Gasteiger partial charge in [-0.1, -0.05) is 44.2 Å². The van der Waals surface area contributed by atoms with E-state index in [4.69, 9.17) is 14.2 Å². The average molecular weight is 489 g/mol. The van der Waals surface area contributed by atoms with Crippen molar-refractivity contribution in [2.45, 2.75) is 52.6 Å². The lowest BCUT2D eigenvalue weighted by molar-refractivity contribution is -0.145. The summed E-state index contributed by atoms with van der Waals surface area (Å²) in [5.41, 5.74) is 6.41. The third-order valence-electron chi connectivity index (χ3n) is 6.80. The van der Waals surface area contributed by atoms with Gasteiger partial charge in [0.2, 0.25) is 0 Å². The van der Waals surface area contributed by atoms with Gasteiger partial charge in [0.1, 0.15) is 18.1 Å². The summed E-state index contributed by atoms with van der Waals surface area (Å²) in [7, 11) is 0. The molecule has 0 amide bonds. The fraction of sp³-hybridized carbons (Fsp3) is 0.387. The van der Waals surface area contributed by atoms with Gasteiger partial charge >= 0.3 is 5.97 Å². The van der Waals surface area contributed by atoms with Crippen LogP contribution in [0.15, 0.2) is 60.7 Å². The highest BCUT2D eigenvalue weighted by Gasteiger charge is 2.42. The number of rotatable bonds is 11. The molecule has 1 N–H and O–H groups in total. The zero-order valence-electron chi connectivity index (χ0n) is 21.7. The van der Waals surface area contributed by atoms with Crippen LogP contribution in [0.3, 0.4) is 0 Å². The molecule has 0 bridgehead atoms. The summed E-state index contributed by atoms with van der Waals surface area (Å²) in [4.78, 5) is 11.3. The van der Waals surface area contributed by atoms with Crippen LogP contribution in [0.5, 0.6) is 11.5 Å². The third-order valence-corrected chi connectivity index (χ3v) is 6.80. The van der Waals surface area contributed by atoms with E-state index in [2.05, 4.69) is 64.1 Å². The Kier molecular flexibility index (Phi) is 8.00. The van der Waals surface area contributed by atoms with E-state index in [0.29, 0.717) is 25.7 Å². The van der Waals surface area contributed by atoms with Gasteiger partial charge in [-0.25, -0.2) is 0 Å². The molecule has 0 aliphatic carbocycles. The van der Waals surface area contributed by atoms with Crippen LogP contribution in [0.1, 0.15) is 48.9 Å². The monoisotopic (exact) mass is 488 g/mol. The molecule has 3 aromatic rings. The molecule has 5 nitrogen and oxygen atoms in total. The highest BCUT2D eigenvalue weighted by Crippen LogP contribution is 2.37. The zero-order chi connectivity index (χ0) is 25.7. The number of aryl methyl sites for hydroxylation is 2. The van der Waals surface area contributed by atoms with Crippen LogP contribution < -0.4 is 9.47 Å². The van der Waals surface area contributed by atoms with E-state index in [0.717, 1.165) is 41.2 Å². The zero-order valence-corrected chi connectivity index (χ0v) is 21.7. The lowest BCUT2D eigenvalue weighted by atomic mass is 9.76. The van der Waals surface area contributed by atoms with Crippen LogP contribution in [0.25, 0.3) is 11.1 Å². The molecule has 0 unspecified atom stereocenters. The van der Waals surface area contributed by atoms with Gasteiger partial charge in [-0.2, -0.15) is 0 Å². The van der Waals surface area contributed by atoms with Crippen LogP contribution in [0.2, 0.25) is 0 Å². The van der Waals surface area contributed by atoms with Gasteiger partial charge in [0.05, 0.1) is 31.7 Å². The predicted molar refractivity (Wildman–Crippen MR) is 142 cm³/mol. The Morgan fingerprint density at radius 2 is 1.67 bits per heavy atom. The van der Waals surface area contributed by atoms with Crippen LogP contribution in [0, 0.1) is 19.8 Å². The highest BCUT2D eigenvalue weighted by molar-refractivity contribution is 5.72. The second kappa shape index (κ2) is 11.2. The first-order valence-corrected chi connectivity index (χ1v) is 12.6. The fourth-order valence-corrected chi connectivity index (χ4v) is 4.77. The van der Waals surface area contributed by atoms with Crippen molar-refractivity contribution < 1.29 is 24.1 Å². The van der Waals surface area contributed by atoms with E-state index < -0.39 is 11.4 Å². The first kappa shape index (κ1) is 25.8. The molecule has 0 aromatic heterocycles. The summed E-state index contributed by atoms with van der Waals surface area (Å²) in [6.07, 6.45) is 1.12. The molecule has 5 heteroatoms. The minimum Gasteiger partial charge on any atom is -0.494 e. The molecule has 1 aliphatic heterocycles. The van der Waals surface area contributed by atoms with E-state index in [1.807, 2.05) is 24.3 Å². The predicted octanol–water partition coefficient (Wildman–Crippen LogP) is 6.72. The summed E-state index contributed by atoms with van der Waals surface area (Å²) in [6.45, 7) is 10.7. The van der Waals surface area contributed by atoms with Crippen molar-refractivity contribution >= 4 is 5.97 Å². The topological polar surface area (TPSA) is 65.0 Å². The first-order chi connectivity index (χ1) is 17.3. The van der Waals surface area contributed by atoms with E-state index in [9.17, 15) is 9.90 Å². The van der Waals surface area contributed by atoms with Gasteiger partial charge in [-0.3, -0.25) is 4.79 Å². The number of aliphatic carboxylic acids is 1. The molecule has 3 aromatic carbocycles. The summed E-state index contributed by atoms with van der Waals surface area (Å²) >= 11 is 0. The SMILES string of the molecule is Cc1cc(OCCC(C)C)cc(C)c1-c1cccc(COc2ccc(C3(CC(=O)O)COC3)cc2)c1. The highest BCUT2D eigenvalue weighted by atomic mass is 16.5. The number of hydrogen-bond donors (Lipinski definition) is 1. The Morgan fingerprint density at radius 1 is 0.972 bits per heavy atom. The molecule has 0 radical (unpaired) electrons. The normalized spacial score (nSPS) is 14.4. The molecule has 1 fully saturated rings. The maximum absolute atomic E-state index is 11.3. The largest absolute Gasteiger partial charge is 0.494 e. The molecule has 1 heterocycles. The molecule has 1 saturated heterocycles. The smallest absolute Gasteiger partial charge is 0.304 e. The molecule has 0 atom stereocenters. The van der Waals surface area contributed by atoms with E-state index >= 15 is 0 Å². The Morgan fingerprint density at radius 3 is 2.25 bits per heavy atom. The van der Waals surface area contributed by atoms with Crippen LogP contribution in [0.4, 0.5) is 0 Å². The maximum Gasteiger partial charge on any atom is 0.304 e. The quantitative estimate of drug-likeness (QED) is 0.325. The van der Waals surface area contributed by atoms with Crippen LogP contribution >= 0.6 is 0 Å². The Hall–Kier alpha value is -3.31. The lowest BCUT2D eigenvalue weighted by Crippen LogP contribution is -2.48. The van der Waals surface area contributed by atoms with Crippen LogP contribution in [-0.2, 0) is 21.6 Å². The van der Waals surface area contributed by atoms with Crippen LogP contribution in [-0.4, -0.2) is 30.9 Å². The van der Waals surface area contributed by atoms with Gasteiger partial charge in [0.15, 0.2) is 0 Å². The second-order valence-electron chi connectivity index (χ2n) is 10.3. The van der Waals surface area contributed by atoms with E-state index in [1.54, 1.807) is 0 Å². The van der Waals surface area contributed by atoms with Crippen molar-refractivity contribution in [1.82, 2.24) is 0 Å². The lowest BCUT2D eigenvalue weighted by Gasteiger charge is -2.40. The van der Waals surface area contributed by atoms with Crippen molar-refractivity contribution in [2.24, 2.45) is 5.92 Å². The number of carboxylic acid groups (broad SMARTS) is 1. The van der Waals surface area contributed by atoms with Crippen molar-refractivity contribution in [3.8, 4) is 22.6 Å². The van der Waals surface area contributed by atoms with Gasteiger partial charge in [-0.15, -0.1) is 0 Å². The number of ether oxygens (including phenoxy) is 3. The van der Waals surface area contributed by atoms with E-state index in [-0.39, 0.29) is 6.42 Å². The van der Waals surface area contributed by atoms with Gasteiger partial charge in [0.25, 0.3) is 0 Å². The van der Waals surface area contributed by atoms with Crippen molar-refractivity contribution in [2.75, 3.05) is 19.8 Å². The Bertz CT molecular complexity index is 1170. The number of carboxylic acids is 1. The summed E-state index contributed by atoms with van der Waals surface area (Å²) in [6, 6.07) is 20.4. The molecule has 4 rings (SSSR count). The second-order valence-corrected chi connectivity index (χ2v) is 10.3.